The molecule has 1 aromatic carbocycles. The topological polar surface area (TPSA) is 46.0 Å². The molecular weight excluding hydrogens is 147 g/mol. The molecule has 0 spiro atoms. The lowest BCUT2D eigenvalue weighted by molar-refractivity contribution is 0.637. The number of hydrogen-bond donors (Lipinski definition) is 1. The molecule has 1 heterocycles. The first kappa shape index (κ1) is 5.83. The van der Waals surface area contributed by atoms with Crippen LogP contribution in [0.1, 0.15) is 0 Å². The van der Waals surface area contributed by atoms with Crippen molar-refractivity contribution in [3.05, 3.63) is 24.3 Å². The Labute approximate surface area is 58.6 Å². The van der Waals surface area contributed by atoms with Crippen LogP contribution in [0.5, 0.6) is 0 Å². The Morgan fingerprint density at radius 3 is 2.10 bits per heavy atom. The van der Waals surface area contributed by atoms with Gasteiger partial charge in [0.15, 0.2) is 0 Å². The van der Waals surface area contributed by atoms with E-state index in [1.54, 1.807) is 0 Å². The third-order valence-corrected chi connectivity index (χ3v) is 2.06. The van der Waals surface area contributed by atoms with Gasteiger partial charge in [-0.1, -0.05) is 12.1 Å². The summed E-state index contributed by atoms with van der Waals surface area (Å²) in [4.78, 5) is 8.98. The van der Waals surface area contributed by atoms with Gasteiger partial charge in [-0.05, 0) is 12.1 Å². The van der Waals surface area contributed by atoms with Crippen LogP contribution < -0.4 is 0 Å². The molecule has 0 aliphatic heterocycles. The first-order valence-corrected chi connectivity index (χ1v) is 4.07. The summed E-state index contributed by atoms with van der Waals surface area (Å²) in [6, 6.07) is 7.45. The smallest absolute Gasteiger partial charge is 0.215 e. The molecule has 0 atom stereocenters. The zero-order chi connectivity index (χ0) is 6.97. The van der Waals surface area contributed by atoms with Crippen molar-refractivity contribution >= 4 is 19.1 Å². The Hall–Kier alpha value is -0.920. The normalized spacial score (nSPS) is 10.5. The number of hydrogen-bond acceptors (Lipinski definition) is 3. The molecule has 0 unspecified atom stereocenters. The second-order valence-corrected chi connectivity index (χ2v) is 2.89. The van der Waals surface area contributed by atoms with Crippen molar-refractivity contribution in [2.75, 3.05) is 0 Å². The predicted molar refractivity (Wildman–Crippen MR) is 39.9 cm³/mol. The molecule has 3 nitrogen and oxygen atoms in total. The van der Waals surface area contributed by atoms with Crippen LogP contribution in [0.15, 0.2) is 24.3 Å². The third-order valence-electron chi connectivity index (χ3n) is 1.28. The lowest BCUT2D eigenvalue weighted by Crippen LogP contribution is -1.63. The summed E-state index contributed by atoms with van der Waals surface area (Å²) in [5.41, 5.74) is 1.60. The van der Waals surface area contributed by atoms with Gasteiger partial charge >= 0.3 is 0 Å². The molecule has 0 saturated carbocycles. The summed E-state index contributed by atoms with van der Waals surface area (Å²) in [5.74, 6) is 0. The highest BCUT2D eigenvalue weighted by Crippen LogP contribution is 2.19. The highest BCUT2D eigenvalue weighted by atomic mass is 31.1. The van der Waals surface area contributed by atoms with E-state index in [4.69, 9.17) is 4.89 Å². The zero-order valence-electron chi connectivity index (χ0n) is 5.10. The molecular formula is C6H5N2OP. The number of rotatable bonds is 0. The summed E-state index contributed by atoms with van der Waals surface area (Å²) < 4.78 is 7.81. The van der Waals surface area contributed by atoms with Crippen molar-refractivity contribution in [3.63, 3.8) is 0 Å². The number of nitrogens with zero attached hydrogens (tertiary/aromatic N) is 2. The molecule has 1 aromatic heterocycles. The Bertz CT molecular complexity index is 324. The summed E-state index contributed by atoms with van der Waals surface area (Å²) in [7, 11) is -1.44. The molecule has 0 saturated heterocycles. The van der Waals surface area contributed by atoms with E-state index in [-0.39, 0.29) is 0 Å². The van der Waals surface area contributed by atoms with Gasteiger partial charge in [-0.25, -0.2) is 0 Å². The van der Waals surface area contributed by atoms with Crippen LogP contribution in [-0.4, -0.2) is 14.4 Å². The molecule has 2 aromatic rings. The molecule has 1 N–H and O–H groups in total. The minimum Gasteiger partial charge on any atom is -0.318 e. The van der Waals surface area contributed by atoms with Gasteiger partial charge in [-0.15, -0.1) is 0 Å². The van der Waals surface area contributed by atoms with Gasteiger partial charge in [0.1, 0.15) is 0 Å². The summed E-state index contributed by atoms with van der Waals surface area (Å²) in [5, 5.41) is 0. The van der Waals surface area contributed by atoms with Crippen LogP contribution in [0.2, 0.25) is 0 Å². The molecule has 10 heavy (non-hydrogen) atoms. The lowest BCUT2D eigenvalue weighted by Gasteiger charge is -1.79. The maximum atomic E-state index is 8.98. The first-order chi connectivity index (χ1) is 4.86. The Morgan fingerprint density at radius 1 is 1.10 bits per heavy atom. The standard InChI is InChI=1S/C6H5N2OP/c9-10-7-5-3-1-2-4-6(5)8-10/h1-4,9H. The average molecular weight is 152 g/mol. The van der Waals surface area contributed by atoms with E-state index >= 15 is 0 Å². The summed E-state index contributed by atoms with van der Waals surface area (Å²) in [6.07, 6.45) is 0. The van der Waals surface area contributed by atoms with Crippen LogP contribution in [-0.2, 0) is 0 Å². The van der Waals surface area contributed by atoms with Crippen LogP contribution in [0.25, 0.3) is 11.0 Å². The number of fused-ring (bicyclic) bond motifs is 1. The van der Waals surface area contributed by atoms with Crippen LogP contribution in [0, 0.1) is 0 Å². The average Bonchev–Trinajstić information content (AvgIpc) is 2.27. The third kappa shape index (κ3) is 0.801. The highest BCUT2D eigenvalue weighted by molar-refractivity contribution is 7.35. The monoisotopic (exact) mass is 152 g/mol. The molecule has 4 heteroatoms. The quantitative estimate of drug-likeness (QED) is 0.620. The summed E-state index contributed by atoms with van der Waals surface area (Å²) >= 11 is 0. The van der Waals surface area contributed by atoms with E-state index in [0.717, 1.165) is 11.0 Å². The number of aromatic nitrogens is 2. The Balaban J connectivity index is 2.88. The van der Waals surface area contributed by atoms with Crippen molar-refractivity contribution in [2.45, 2.75) is 0 Å². The molecule has 50 valence electrons. The highest BCUT2D eigenvalue weighted by Gasteiger charge is 1.97. The van der Waals surface area contributed by atoms with Gasteiger partial charge in [-0.2, -0.15) is 9.49 Å². The largest absolute Gasteiger partial charge is 0.318 e. The summed E-state index contributed by atoms with van der Waals surface area (Å²) in [6.45, 7) is 0. The van der Waals surface area contributed by atoms with E-state index in [1.165, 1.54) is 0 Å². The molecule has 0 fully saturated rings. The van der Waals surface area contributed by atoms with E-state index in [2.05, 4.69) is 9.49 Å². The van der Waals surface area contributed by atoms with Gasteiger partial charge in [0.05, 0.1) is 11.0 Å². The van der Waals surface area contributed by atoms with Gasteiger partial charge in [0.25, 0.3) is 0 Å². The van der Waals surface area contributed by atoms with Crippen molar-refractivity contribution in [1.29, 1.82) is 0 Å². The molecule has 0 bridgehead atoms. The molecule has 0 aliphatic carbocycles. The maximum absolute atomic E-state index is 8.98. The number of benzene rings is 1. The van der Waals surface area contributed by atoms with E-state index in [0.29, 0.717) is 0 Å². The molecule has 0 aliphatic rings. The van der Waals surface area contributed by atoms with Gasteiger partial charge in [-0.3, -0.25) is 0 Å². The van der Waals surface area contributed by atoms with E-state index in [9.17, 15) is 0 Å². The van der Waals surface area contributed by atoms with E-state index in [1.807, 2.05) is 24.3 Å². The zero-order valence-corrected chi connectivity index (χ0v) is 5.99. The van der Waals surface area contributed by atoms with Gasteiger partial charge in [0, 0.05) is 0 Å². The minimum absolute atomic E-state index is 0.802. The molecule has 2 rings (SSSR count). The fourth-order valence-electron chi connectivity index (χ4n) is 0.848. The first-order valence-electron chi connectivity index (χ1n) is 2.87. The van der Waals surface area contributed by atoms with E-state index < -0.39 is 8.08 Å². The van der Waals surface area contributed by atoms with Crippen LogP contribution in [0.3, 0.4) is 0 Å². The fourth-order valence-corrected chi connectivity index (χ4v) is 1.62. The fraction of sp³-hybridized carbons (Fsp3) is 0. The second-order valence-electron chi connectivity index (χ2n) is 1.96. The van der Waals surface area contributed by atoms with Crippen LogP contribution >= 0.6 is 8.08 Å². The van der Waals surface area contributed by atoms with Crippen molar-refractivity contribution in [2.24, 2.45) is 0 Å². The Kier molecular flexibility index (Phi) is 1.19. The molecule has 0 radical (unpaired) electrons. The minimum atomic E-state index is -1.44. The van der Waals surface area contributed by atoms with Crippen molar-refractivity contribution in [3.8, 4) is 0 Å². The SMILES string of the molecule is Op1nc2ccccc2n1. The lowest BCUT2D eigenvalue weighted by atomic mass is 10.3. The second kappa shape index (κ2) is 2.04. The van der Waals surface area contributed by atoms with Crippen molar-refractivity contribution < 1.29 is 4.89 Å². The van der Waals surface area contributed by atoms with Crippen LogP contribution in [0.4, 0.5) is 0 Å². The van der Waals surface area contributed by atoms with Gasteiger partial charge < -0.3 is 4.89 Å². The van der Waals surface area contributed by atoms with Crippen molar-refractivity contribution in [1.82, 2.24) is 9.49 Å². The maximum Gasteiger partial charge on any atom is 0.215 e. The predicted octanol–water partition coefficient (Wildman–Crippen LogP) is 1.37. The van der Waals surface area contributed by atoms with Gasteiger partial charge in [0.2, 0.25) is 8.08 Å². The Morgan fingerprint density at radius 2 is 1.60 bits per heavy atom. The molecule has 0 amide bonds.